The first-order valence-corrected chi connectivity index (χ1v) is 9.42. The Morgan fingerprint density at radius 2 is 1.97 bits per heavy atom. The molecule has 0 unspecified atom stereocenters. The van der Waals surface area contributed by atoms with Gasteiger partial charge >= 0.3 is 35.5 Å². The number of para-hydroxylation sites is 1. The summed E-state index contributed by atoms with van der Waals surface area (Å²) in [5.74, 6) is -2.40. The van der Waals surface area contributed by atoms with Crippen LogP contribution in [-0.2, 0) is 23.9 Å². The second kappa shape index (κ2) is 10.1. The molecule has 2 atom stereocenters. The number of hydrogen-bond acceptors (Lipinski definition) is 8. The van der Waals surface area contributed by atoms with Crippen molar-refractivity contribution in [1.82, 2.24) is 10.2 Å². The summed E-state index contributed by atoms with van der Waals surface area (Å²) in [7, 11) is 0. The SMILES string of the molecule is CC(=O)OCC1=C(C(=O)[O-])N2C(=O)[C@@H](NC(=O)COc3ccccc3)[C@H]2SC1.[Na+]. The van der Waals surface area contributed by atoms with Gasteiger partial charge in [0.1, 0.15) is 23.8 Å². The zero-order valence-electron chi connectivity index (χ0n) is 15.9. The summed E-state index contributed by atoms with van der Waals surface area (Å²) in [5, 5.41) is 13.5. The van der Waals surface area contributed by atoms with E-state index in [1.807, 2.05) is 6.07 Å². The predicted octanol–water partition coefficient (Wildman–Crippen LogP) is -3.96. The van der Waals surface area contributed by atoms with Crippen LogP contribution in [0.25, 0.3) is 0 Å². The molecule has 0 aromatic heterocycles. The largest absolute Gasteiger partial charge is 1.00 e. The summed E-state index contributed by atoms with van der Waals surface area (Å²) >= 11 is 1.27. The summed E-state index contributed by atoms with van der Waals surface area (Å²) in [5.41, 5.74) is -0.0250. The van der Waals surface area contributed by atoms with Crippen molar-refractivity contribution >= 4 is 35.5 Å². The van der Waals surface area contributed by atoms with Gasteiger partial charge in [0, 0.05) is 18.2 Å². The fourth-order valence-corrected chi connectivity index (χ4v) is 4.18. The molecule has 1 aromatic rings. The molecule has 3 rings (SSSR count). The minimum Gasteiger partial charge on any atom is -0.543 e. The maximum Gasteiger partial charge on any atom is 1.00 e. The van der Waals surface area contributed by atoms with Crippen LogP contribution < -0.4 is 44.7 Å². The van der Waals surface area contributed by atoms with Gasteiger partial charge in [0.2, 0.25) is 0 Å². The number of carboxylic acid groups (broad SMARTS) is 1. The number of fused-ring (bicyclic) bond motifs is 1. The van der Waals surface area contributed by atoms with E-state index in [1.54, 1.807) is 24.3 Å². The zero-order valence-corrected chi connectivity index (χ0v) is 18.7. The van der Waals surface area contributed by atoms with E-state index in [9.17, 15) is 24.3 Å². The van der Waals surface area contributed by atoms with Crippen molar-refractivity contribution in [3.8, 4) is 5.75 Å². The van der Waals surface area contributed by atoms with E-state index in [0.29, 0.717) is 5.75 Å². The van der Waals surface area contributed by atoms with Gasteiger partial charge in [-0.25, -0.2) is 0 Å². The molecular formula is C18H17N2NaO7S. The van der Waals surface area contributed by atoms with Crippen LogP contribution in [0.3, 0.4) is 0 Å². The standard InChI is InChI=1S/C18H18N2O7S.Na/c1-10(21)26-7-11-9-28-17-14(16(23)20(17)15(11)18(24)25)19-13(22)8-27-12-5-3-2-4-6-12;/h2-6,14,17H,7-9H2,1H3,(H,19,22)(H,24,25);/q;+1/p-1/t14-,17-;/m1./s1. The van der Waals surface area contributed by atoms with Crippen LogP contribution >= 0.6 is 11.8 Å². The molecule has 29 heavy (non-hydrogen) atoms. The van der Waals surface area contributed by atoms with Crippen molar-refractivity contribution in [2.24, 2.45) is 0 Å². The number of esters is 1. The Morgan fingerprint density at radius 3 is 2.59 bits per heavy atom. The van der Waals surface area contributed by atoms with Gasteiger partial charge in [0.25, 0.3) is 11.8 Å². The number of carbonyl (C=O) groups is 4. The van der Waals surface area contributed by atoms with Gasteiger partial charge in [-0.1, -0.05) is 18.2 Å². The molecule has 11 heteroatoms. The molecule has 1 saturated heterocycles. The number of rotatable bonds is 7. The van der Waals surface area contributed by atoms with E-state index in [0.717, 1.165) is 4.90 Å². The predicted molar refractivity (Wildman–Crippen MR) is 95.6 cm³/mol. The van der Waals surface area contributed by atoms with Crippen LogP contribution in [0.15, 0.2) is 41.6 Å². The number of aliphatic carboxylic acids is 1. The number of carbonyl (C=O) groups excluding carboxylic acids is 4. The fourth-order valence-electron chi connectivity index (χ4n) is 2.85. The van der Waals surface area contributed by atoms with E-state index in [-0.39, 0.29) is 59.8 Å². The molecule has 0 bridgehead atoms. The van der Waals surface area contributed by atoms with Crippen molar-refractivity contribution in [3.63, 3.8) is 0 Å². The third-order valence-electron chi connectivity index (χ3n) is 4.12. The summed E-state index contributed by atoms with van der Waals surface area (Å²) in [4.78, 5) is 48.1. The molecule has 148 valence electrons. The molecule has 2 aliphatic heterocycles. The average Bonchev–Trinajstić information content (AvgIpc) is 2.68. The van der Waals surface area contributed by atoms with Gasteiger partial charge in [-0.3, -0.25) is 19.3 Å². The zero-order chi connectivity index (χ0) is 20.3. The Kier molecular flexibility index (Phi) is 8.14. The van der Waals surface area contributed by atoms with Gasteiger partial charge in [0.05, 0.1) is 11.7 Å². The third kappa shape index (κ3) is 5.33. The molecule has 1 fully saturated rings. The molecule has 9 nitrogen and oxygen atoms in total. The maximum atomic E-state index is 12.4. The minimum absolute atomic E-state index is 0. The molecule has 0 saturated carbocycles. The Morgan fingerprint density at radius 1 is 1.28 bits per heavy atom. The van der Waals surface area contributed by atoms with E-state index in [1.165, 1.54) is 18.7 Å². The molecule has 1 N–H and O–H groups in total. The van der Waals surface area contributed by atoms with Crippen molar-refractivity contribution in [1.29, 1.82) is 0 Å². The summed E-state index contributed by atoms with van der Waals surface area (Å²) in [6.07, 6.45) is 0. The molecule has 0 radical (unpaired) electrons. The molecular weight excluding hydrogens is 411 g/mol. The third-order valence-corrected chi connectivity index (χ3v) is 5.46. The number of thioether (sulfide) groups is 1. The molecule has 1 aromatic carbocycles. The number of nitrogens with one attached hydrogen (secondary N) is 1. The summed E-state index contributed by atoms with van der Waals surface area (Å²) < 4.78 is 10.2. The smallest absolute Gasteiger partial charge is 0.543 e. The van der Waals surface area contributed by atoms with E-state index in [4.69, 9.17) is 9.47 Å². The van der Waals surface area contributed by atoms with Crippen LogP contribution in [0.5, 0.6) is 5.75 Å². The van der Waals surface area contributed by atoms with E-state index in [2.05, 4.69) is 5.32 Å². The van der Waals surface area contributed by atoms with E-state index >= 15 is 0 Å². The topological polar surface area (TPSA) is 125 Å². The van der Waals surface area contributed by atoms with Crippen LogP contribution in [0.1, 0.15) is 6.92 Å². The minimum atomic E-state index is -1.53. The van der Waals surface area contributed by atoms with Crippen molar-refractivity contribution in [2.75, 3.05) is 19.0 Å². The number of benzene rings is 1. The normalized spacial score (nSPS) is 20.0. The first-order valence-electron chi connectivity index (χ1n) is 8.37. The quantitative estimate of drug-likeness (QED) is 0.265. The number of amides is 2. The average molecular weight is 428 g/mol. The number of hydrogen-bond donors (Lipinski definition) is 1. The van der Waals surface area contributed by atoms with E-state index < -0.39 is 35.2 Å². The second-order valence-corrected chi connectivity index (χ2v) is 7.18. The number of nitrogens with zero attached hydrogens (tertiary/aromatic N) is 1. The first-order chi connectivity index (χ1) is 13.4. The van der Waals surface area contributed by atoms with Crippen molar-refractivity contribution in [2.45, 2.75) is 18.3 Å². The summed E-state index contributed by atoms with van der Waals surface area (Å²) in [6.45, 7) is 0.700. The maximum absolute atomic E-state index is 12.4. The molecule has 2 amide bonds. The number of ether oxygens (including phenoxy) is 2. The Bertz CT molecular complexity index is 846. The van der Waals surface area contributed by atoms with Crippen molar-refractivity contribution in [3.05, 3.63) is 41.6 Å². The van der Waals surface area contributed by atoms with Gasteiger partial charge in [0.15, 0.2) is 6.61 Å². The molecule has 0 aliphatic carbocycles. The van der Waals surface area contributed by atoms with Crippen LogP contribution in [-0.4, -0.2) is 59.0 Å². The van der Waals surface area contributed by atoms with Gasteiger partial charge in [-0.2, -0.15) is 0 Å². The molecule has 2 aliphatic rings. The number of carboxylic acids is 1. The molecule has 0 spiro atoms. The number of β-lactam (4-membered cyclic amide) rings is 1. The summed E-state index contributed by atoms with van der Waals surface area (Å²) in [6, 6.07) is 7.87. The van der Waals surface area contributed by atoms with Gasteiger partial charge < -0.3 is 24.7 Å². The van der Waals surface area contributed by atoms with Crippen LogP contribution in [0.2, 0.25) is 0 Å². The second-order valence-electron chi connectivity index (χ2n) is 6.08. The first kappa shape index (κ1) is 23.3. The van der Waals surface area contributed by atoms with Gasteiger partial charge in [-0.05, 0) is 12.1 Å². The van der Waals surface area contributed by atoms with Crippen LogP contribution in [0, 0.1) is 0 Å². The monoisotopic (exact) mass is 428 g/mol. The van der Waals surface area contributed by atoms with Gasteiger partial charge in [-0.15, -0.1) is 11.8 Å². The Balaban J connectivity index is 0.00000300. The van der Waals surface area contributed by atoms with Crippen LogP contribution in [0.4, 0.5) is 0 Å². The Hall–Kier alpha value is -2.01. The van der Waals surface area contributed by atoms with Crippen molar-refractivity contribution < 1.29 is 63.3 Å². The Labute approximate surface area is 193 Å². The molecule has 2 heterocycles. The fraction of sp³-hybridized carbons (Fsp3) is 0.333.